The topological polar surface area (TPSA) is 72.8 Å². The van der Waals surface area contributed by atoms with Gasteiger partial charge in [-0.2, -0.15) is 0 Å². The van der Waals surface area contributed by atoms with Gasteiger partial charge in [-0.3, -0.25) is 9.59 Å². The summed E-state index contributed by atoms with van der Waals surface area (Å²) in [5.74, 6) is -0.609. The average molecular weight is 1060 g/mol. The van der Waals surface area contributed by atoms with Crippen molar-refractivity contribution in [3.63, 3.8) is 0 Å². The van der Waals surface area contributed by atoms with Gasteiger partial charge in [0.25, 0.3) is 0 Å². The van der Waals surface area contributed by atoms with Crippen molar-refractivity contribution in [2.45, 2.75) is 354 Å². The Hall–Kier alpha value is -2.66. The molecule has 0 bridgehead atoms. The summed E-state index contributed by atoms with van der Waals surface area (Å²) in [4.78, 5) is 24.6. The average Bonchev–Trinajstić information content (AvgIpc) is 3.42. The molecule has 1 atom stereocenters. The molecule has 0 saturated carbocycles. The van der Waals surface area contributed by atoms with Gasteiger partial charge in [-0.05, 0) is 64.2 Å². The highest BCUT2D eigenvalue weighted by Gasteiger charge is 2.16. The Morgan fingerprint density at radius 2 is 0.566 bits per heavy atom. The first-order valence-corrected chi connectivity index (χ1v) is 33.5. The highest BCUT2D eigenvalue weighted by atomic mass is 16.6. The van der Waals surface area contributed by atoms with E-state index in [1.807, 2.05) is 0 Å². The van der Waals surface area contributed by atoms with Crippen LogP contribution in [0.1, 0.15) is 348 Å². The molecule has 5 heteroatoms. The molecule has 0 aliphatic carbocycles. The first-order valence-electron chi connectivity index (χ1n) is 33.5. The van der Waals surface area contributed by atoms with E-state index in [0.717, 1.165) is 89.9 Å². The third-order valence-corrected chi connectivity index (χ3v) is 15.0. The van der Waals surface area contributed by atoms with Crippen LogP contribution in [0.3, 0.4) is 0 Å². The van der Waals surface area contributed by atoms with Gasteiger partial charge in [0.05, 0.1) is 6.61 Å². The third kappa shape index (κ3) is 63.9. The summed E-state index contributed by atoms with van der Waals surface area (Å²) < 4.78 is 10.7. The van der Waals surface area contributed by atoms with Crippen LogP contribution in [0.2, 0.25) is 0 Å². The SMILES string of the molecule is CC/C=C\C/C=C\C/C=C\C/C=C\C/C=C\C/C=C\CCCCCCC(=O)OC(CO)COC(=O)CCCCCCCCCCCCCCCCCCCCCCCCCCCCCCCCCCCCCCCCC. The Bertz CT molecular complexity index is 1340. The smallest absolute Gasteiger partial charge is 0.306 e. The summed E-state index contributed by atoms with van der Waals surface area (Å²) in [5.41, 5.74) is 0. The zero-order valence-corrected chi connectivity index (χ0v) is 50.8. The molecule has 0 saturated heterocycles. The minimum atomic E-state index is -0.790. The van der Waals surface area contributed by atoms with Crippen molar-refractivity contribution >= 4 is 11.9 Å². The fourth-order valence-corrected chi connectivity index (χ4v) is 10.0. The van der Waals surface area contributed by atoms with Crippen LogP contribution in [0, 0.1) is 0 Å². The standard InChI is InChI=1S/C71H128O5/c1-3-5-7-9-11-13-15-17-19-21-23-25-27-28-29-30-31-32-33-34-35-36-37-38-39-40-41-42-44-45-47-49-51-53-55-57-59-61-63-65-70(73)75-68-69(67-72)76-71(74)66-64-62-60-58-56-54-52-50-48-46-43-26-24-22-20-18-16-14-12-10-8-6-4-2/h6,8,12,14,18,20,24,26,46,48,52,54,69,72H,3-5,7,9-11,13,15-17,19,21-23,25,27-45,47,49-51,53,55-68H2,1-2H3/b8-6-,14-12-,20-18-,26-24-,48-46-,54-52-. The molecule has 0 aliphatic rings. The predicted molar refractivity (Wildman–Crippen MR) is 334 cm³/mol. The Morgan fingerprint density at radius 1 is 0.316 bits per heavy atom. The number of aliphatic hydroxyl groups excluding tert-OH is 1. The van der Waals surface area contributed by atoms with Gasteiger partial charge in [-0.1, -0.05) is 344 Å². The van der Waals surface area contributed by atoms with Gasteiger partial charge in [0, 0.05) is 12.8 Å². The van der Waals surface area contributed by atoms with Crippen LogP contribution in [0.25, 0.3) is 0 Å². The molecule has 0 aromatic rings. The van der Waals surface area contributed by atoms with Crippen LogP contribution in [0.5, 0.6) is 0 Å². The van der Waals surface area contributed by atoms with Crippen LogP contribution in [-0.4, -0.2) is 36.4 Å². The van der Waals surface area contributed by atoms with Crippen LogP contribution in [-0.2, 0) is 19.1 Å². The molecule has 1 unspecified atom stereocenters. The zero-order valence-electron chi connectivity index (χ0n) is 50.8. The normalized spacial score (nSPS) is 12.6. The molecule has 0 rings (SSSR count). The van der Waals surface area contributed by atoms with Crippen LogP contribution >= 0.6 is 0 Å². The van der Waals surface area contributed by atoms with Crippen LogP contribution in [0.4, 0.5) is 0 Å². The van der Waals surface area contributed by atoms with E-state index in [1.54, 1.807) is 0 Å². The number of carbonyl (C=O) groups excluding carboxylic acids is 2. The summed E-state index contributed by atoms with van der Waals surface area (Å²) in [6.45, 7) is 4.05. The van der Waals surface area contributed by atoms with Gasteiger partial charge in [-0.25, -0.2) is 0 Å². The van der Waals surface area contributed by atoms with Gasteiger partial charge in [-0.15, -0.1) is 0 Å². The quantitative estimate of drug-likeness (QED) is 0.0373. The molecule has 76 heavy (non-hydrogen) atoms. The molecule has 0 heterocycles. The lowest BCUT2D eigenvalue weighted by atomic mass is 10.0. The Balaban J connectivity index is 3.42. The summed E-state index contributed by atoms with van der Waals surface area (Å²) >= 11 is 0. The summed E-state index contributed by atoms with van der Waals surface area (Å²) in [5, 5.41) is 9.67. The van der Waals surface area contributed by atoms with Crippen molar-refractivity contribution in [1.82, 2.24) is 0 Å². The first kappa shape index (κ1) is 73.3. The number of hydrogen-bond acceptors (Lipinski definition) is 5. The van der Waals surface area contributed by atoms with E-state index in [1.165, 1.54) is 231 Å². The monoisotopic (exact) mass is 1060 g/mol. The minimum absolute atomic E-state index is 0.0766. The molecular formula is C71H128O5. The summed E-state index contributed by atoms with van der Waals surface area (Å²) in [6.07, 6.45) is 92.3. The van der Waals surface area contributed by atoms with E-state index in [0.29, 0.717) is 12.8 Å². The molecule has 0 radical (unpaired) electrons. The largest absolute Gasteiger partial charge is 0.462 e. The van der Waals surface area contributed by atoms with Crippen molar-refractivity contribution in [2.75, 3.05) is 13.2 Å². The Morgan fingerprint density at radius 3 is 0.855 bits per heavy atom. The second-order valence-electron chi connectivity index (χ2n) is 22.5. The first-order chi connectivity index (χ1) is 37.6. The number of carbonyl (C=O) groups is 2. The molecule has 0 aliphatic heterocycles. The van der Waals surface area contributed by atoms with E-state index in [9.17, 15) is 14.7 Å². The number of esters is 2. The minimum Gasteiger partial charge on any atom is -0.462 e. The highest BCUT2D eigenvalue weighted by Crippen LogP contribution is 2.18. The molecule has 0 aromatic carbocycles. The van der Waals surface area contributed by atoms with Gasteiger partial charge in [0.2, 0.25) is 0 Å². The van der Waals surface area contributed by atoms with Gasteiger partial charge < -0.3 is 14.6 Å². The maximum absolute atomic E-state index is 12.3. The number of unbranched alkanes of at least 4 members (excludes halogenated alkanes) is 42. The van der Waals surface area contributed by atoms with Crippen molar-refractivity contribution in [1.29, 1.82) is 0 Å². The van der Waals surface area contributed by atoms with Crippen LogP contribution < -0.4 is 0 Å². The lowest BCUT2D eigenvalue weighted by molar-refractivity contribution is -0.161. The third-order valence-electron chi connectivity index (χ3n) is 15.0. The van der Waals surface area contributed by atoms with E-state index in [4.69, 9.17) is 9.47 Å². The fraction of sp³-hybridized carbons (Fsp3) is 0.803. The molecule has 5 nitrogen and oxygen atoms in total. The Labute approximate surface area is 473 Å². The summed E-state index contributed by atoms with van der Waals surface area (Å²) in [6, 6.07) is 0. The van der Waals surface area contributed by atoms with Crippen molar-refractivity contribution in [3.8, 4) is 0 Å². The fourth-order valence-electron chi connectivity index (χ4n) is 10.0. The molecule has 442 valence electrons. The van der Waals surface area contributed by atoms with E-state index < -0.39 is 6.10 Å². The predicted octanol–water partition coefficient (Wildman–Crippen LogP) is 23.1. The molecule has 0 fully saturated rings. The molecule has 0 aromatic heterocycles. The number of hydrogen-bond donors (Lipinski definition) is 1. The lowest BCUT2D eigenvalue weighted by Crippen LogP contribution is -2.28. The molecule has 0 amide bonds. The van der Waals surface area contributed by atoms with Crippen molar-refractivity contribution in [2.24, 2.45) is 0 Å². The maximum Gasteiger partial charge on any atom is 0.306 e. The van der Waals surface area contributed by atoms with E-state index in [2.05, 4.69) is 86.8 Å². The molecular weight excluding hydrogens is 933 g/mol. The van der Waals surface area contributed by atoms with Gasteiger partial charge in [0.1, 0.15) is 6.61 Å². The van der Waals surface area contributed by atoms with Crippen LogP contribution in [0.15, 0.2) is 72.9 Å². The zero-order chi connectivity index (χ0) is 54.8. The Kier molecular flexibility index (Phi) is 64.3. The van der Waals surface area contributed by atoms with Crippen molar-refractivity contribution in [3.05, 3.63) is 72.9 Å². The highest BCUT2D eigenvalue weighted by molar-refractivity contribution is 5.70. The van der Waals surface area contributed by atoms with Crippen molar-refractivity contribution < 1.29 is 24.2 Å². The number of ether oxygens (including phenoxy) is 2. The number of rotatable bonds is 62. The van der Waals surface area contributed by atoms with E-state index >= 15 is 0 Å². The van der Waals surface area contributed by atoms with Gasteiger partial charge >= 0.3 is 11.9 Å². The van der Waals surface area contributed by atoms with E-state index in [-0.39, 0.29) is 25.2 Å². The number of aliphatic hydroxyl groups is 1. The number of allylic oxidation sites excluding steroid dienone is 12. The second kappa shape index (κ2) is 66.6. The molecule has 1 N–H and O–H groups in total. The summed E-state index contributed by atoms with van der Waals surface area (Å²) in [7, 11) is 0. The second-order valence-corrected chi connectivity index (χ2v) is 22.5. The van der Waals surface area contributed by atoms with Gasteiger partial charge in [0.15, 0.2) is 6.10 Å². The maximum atomic E-state index is 12.3. The molecule has 0 spiro atoms. The lowest BCUT2D eigenvalue weighted by Gasteiger charge is -2.15.